The molecular weight excluding hydrogens is 248 g/mol. The zero-order valence-corrected chi connectivity index (χ0v) is 10.7. The van der Waals surface area contributed by atoms with Gasteiger partial charge in [0.1, 0.15) is 18.3 Å². The Morgan fingerprint density at radius 3 is 2.84 bits per heavy atom. The molecule has 0 saturated carbocycles. The average molecular weight is 266 g/mol. The van der Waals surface area contributed by atoms with Crippen molar-refractivity contribution in [1.29, 1.82) is 0 Å². The lowest BCUT2D eigenvalue weighted by molar-refractivity contribution is -0.259. The summed E-state index contributed by atoms with van der Waals surface area (Å²) < 4.78 is 11.1. The minimum atomic E-state index is -1.30. The highest BCUT2D eigenvalue weighted by Crippen LogP contribution is 2.41. The summed E-state index contributed by atoms with van der Waals surface area (Å²) in [5.74, 6) is 1.10. The Bertz CT molecular complexity index is 447. The van der Waals surface area contributed by atoms with Crippen molar-refractivity contribution in [3.63, 3.8) is 0 Å². The molecule has 0 aromatic heterocycles. The van der Waals surface area contributed by atoms with E-state index in [4.69, 9.17) is 21.0 Å². The fraction of sp³-hybridized carbons (Fsp3) is 0.571. The average Bonchev–Trinajstić information content (AvgIpc) is 2.65. The number of aliphatic hydroxyl groups is 3. The molecule has 1 saturated heterocycles. The van der Waals surface area contributed by atoms with Crippen LogP contribution in [0.2, 0.25) is 0 Å². The Balaban J connectivity index is 2.24. The summed E-state index contributed by atoms with van der Waals surface area (Å²) in [6.45, 7) is 1.82. The zero-order valence-electron chi connectivity index (χ0n) is 10.7. The number of allylic oxidation sites excluding steroid dienone is 2. The van der Waals surface area contributed by atoms with E-state index in [-0.39, 0.29) is 19.6 Å². The highest BCUT2D eigenvalue weighted by Gasteiger charge is 2.56. The first kappa shape index (κ1) is 14.3. The lowest BCUT2D eigenvalue weighted by Crippen LogP contribution is -2.48. The number of hydrogen-bond acceptors (Lipinski definition) is 5. The molecule has 4 atom stereocenters. The highest BCUT2D eigenvalue weighted by atomic mass is 16.7. The van der Waals surface area contributed by atoms with Crippen molar-refractivity contribution in [3.8, 4) is 12.3 Å². The Hall–Kier alpha value is -1.16. The summed E-state index contributed by atoms with van der Waals surface area (Å²) in [6, 6.07) is 0. The maximum atomic E-state index is 10.1. The van der Waals surface area contributed by atoms with Gasteiger partial charge in [0.2, 0.25) is 5.79 Å². The van der Waals surface area contributed by atoms with Crippen molar-refractivity contribution >= 4 is 0 Å². The molecule has 2 aliphatic rings. The smallest absolute Gasteiger partial charge is 0.202 e. The van der Waals surface area contributed by atoms with Crippen molar-refractivity contribution in [2.24, 2.45) is 0 Å². The topological polar surface area (TPSA) is 79.2 Å². The number of aliphatic hydroxyl groups excluding tert-OH is 3. The van der Waals surface area contributed by atoms with Crippen LogP contribution in [0.25, 0.3) is 0 Å². The van der Waals surface area contributed by atoms with Crippen LogP contribution in [-0.4, -0.2) is 52.6 Å². The molecule has 2 aliphatic heterocycles. The first-order chi connectivity index (χ1) is 9.04. The molecule has 1 fully saturated rings. The quantitative estimate of drug-likeness (QED) is 0.599. The molecule has 5 nitrogen and oxygen atoms in total. The maximum Gasteiger partial charge on any atom is 0.202 e. The van der Waals surface area contributed by atoms with E-state index >= 15 is 0 Å². The van der Waals surface area contributed by atoms with E-state index in [1.807, 2.05) is 6.92 Å². The van der Waals surface area contributed by atoms with Gasteiger partial charge >= 0.3 is 0 Å². The second-order valence-electron chi connectivity index (χ2n) is 4.86. The second kappa shape index (κ2) is 5.45. The minimum absolute atomic E-state index is 0.283. The molecule has 0 bridgehead atoms. The van der Waals surface area contributed by atoms with E-state index in [0.717, 1.165) is 11.1 Å². The van der Waals surface area contributed by atoms with Gasteiger partial charge in [-0.15, -0.1) is 6.42 Å². The molecule has 1 spiro atoms. The van der Waals surface area contributed by atoms with Crippen LogP contribution in [0.15, 0.2) is 23.3 Å². The van der Waals surface area contributed by atoms with E-state index in [9.17, 15) is 10.2 Å². The Labute approximate surface area is 112 Å². The maximum absolute atomic E-state index is 10.1. The third-order valence-electron chi connectivity index (χ3n) is 3.58. The van der Waals surface area contributed by atoms with Crippen LogP contribution >= 0.6 is 0 Å². The molecule has 19 heavy (non-hydrogen) atoms. The van der Waals surface area contributed by atoms with Gasteiger partial charge in [-0.3, -0.25) is 0 Å². The minimum Gasteiger partial charge on any atom is -0.394 e. The van der Waals surface area contributed by atoms with Crippen molar-refractivity contribution in [2.45, 2.75) is 37.4 Å². The van der Waals surface area contributed by atoms with Gasteiger partial charge in [0.05, 0.1) is 13.2 Å². The van der Waals surface area contributed by atoms with Gasteiger partial charge < -0.3 is 24.8 Å². The van der Waals surface area contributed by atoms with Gasteiger partial charge in [0, 0.05) is 6.42 Å². The normalized spacial score (nSPS) is 39.2. The molecule has 104 valence electrons. The Morgan fingerprint density at radius 2 is 2.26 bits per heavy atom. The van der Waals surface area contributed by atoms with E-state index < -0.39 is 24.1 Å². The SMILES string of the molecule is C#C/C=C\C1=C(C)COC2(C1)OC(CO)C(O)C2O. The van der Waals surface area contributed by atoms with Crippen LogP contribution < -0.4 is 0 Å². The zero-order chi connectivity index (χ0) is 14.0. The Morgan fingerprint density at radius 1 is 1.53 bits per heavy atom. The monoisotopic (exact) mass is 266 g/mol. The van der Waals surface area contributed by atoms with E-state index in [1.165, 1.54) is 0 Å². The molecule has 3 N–H and O–H groups in total. The van der Waals surface area contributed by atoms with Gasteiger partial charge in [-0.1, -0.05) is 12.0 Å². The third kappa shape index (κ3) is 2.46. The summed E-state index contributed by atoms with van der Waals surface area (Å²) in [6.07, 6.45) is 5.60. The molecule has 0 aromatic rings. The number of hydrogen-bond donors (Lipinski definition) is 3. The molecular formula is C14H18O5. The van der Waals surface area contributed by atoms with Crippen LogP contribution in [0.3, 0.4) is 0 Å². The van der Waals surface area contributed by atoms with E-state index in [1.54, 1.807) is 12.2 Å². The van der Waals surface area contributed by atoms with Crippen LogP contribution in [0, 0.1) is 12.3 Å². The first-order valence-corrected chi connectivity index (χ1v) is 6.14. The Kier molecular flexibility index (Phi) is 4.09. The fourth-order valence-corrected chi connectivity index (χ4v) is 2.41. The molecule has 0 aromatic carbocycles. The van der Waals surface area contributed by atoms with Crippen LogP contribution in [0.5, 0.6) is 0 Å². The molecule has 0 amide bonds. The van der Waals surface area contributed by atoms with E-state index in [0.29, 0.717) is 0 Å². The van der Waals surface area contributed by atoms with Gasteiger partial charge in [-0.05, 0) is 24.1 Å². The highest BCUT2D eigenvalue weighted by molar-refractivity contribution is 5.32. The first-order valence-electron chi connectivity index (χ1n) is 6.14. The summed E-state index contributed by atoms with van der Waals surface area (Å²) in [5.41, 5.74) is 1.91. The van der Waals surface area contributed by atoms with Crippen molar-refractivity contribution in [2.75, 3.05) is 13.2 Å². The van der Waals surface area contributed by atoms with Gasteiger partial charge in [0.25, 0.3) is 0 Å². The number of ether oxygens (including phenoxy) is 2. The van der Waals surface area contributed by atoms with Crippen molar-refractivity contribution < 1.29 is 24.8 Å². The fourth-order valence-electron chi connectivity index (χ4n) is 2.41. The standard InChI is InChI=1S/C14H18O5/c1-3-4-5-10-6-14(18-8-9(10)2)13(17)12(16)11(7-15)19-14/h1,4-5,11-13,15-17H,6-8H2,2H3/b5-4-. The molecule has 5 heteroatoms. The van der Waals surface area contributed by atoms with Gasteiger partial charge in [-0.25, -0.2) is 0 Å². The molecule has 2 rings (SSSR count). The van der Waals surface area contributed by atoms with Gasteiger partial charge in [-0.2, -0.15) is 0 Å². The second-order valence-corrected chi connectivity index (χ2v) is 4.86. The summed E-state index contributed by atoms with van der Waals surface area (Å²) in [4.78, 5) is 0. The van der Waals surface area contributed by atoms with Crippen molar-refractivity contribution in [3.05, 3.63) is 23.3 Å². The van der Waals surface area contributed by atoms with Crippen LogP contribution in [0.4, 0.5) is 0 Å². The largest absolute Gasteiger partial charge is 0.394 e. The van der Waals surface area contributed by atoms with Crippen LogP contribution in [-0.2, 0) is 9.47 Å². The molecule has 2 heterocycles. The predicted molar refractivity (Wildman–Crippen MR) is 67.9 cm³/mol. The summed E-state index contributed by atoms with van der Waals surface area (Å²) >= 11 is 0. The van der Waals surface area contributed by atoms with Gasteiger partial charge in [0.15, 0.2) is 0 Å². The summed E-state index contributed by atoms with van der Waals surface area (Å²) in [5, 5.41) is 29.1. The lowest BCUT2D eigenvalue weighted by atomic mass is 9.92. The third-order valence-corrected chi connectivity index (χ3v) is 3.58. The summed E-state index contributed by atoms with van der Waals surface area (Å²) in [7, 11) is 0. The molecule has 0 aliphatic carbocycles. The number of rotatable bonds is 2. The van der Waals surface area contributed by atoms with Crippen molar-refractivity contribution in [1.82, 2.24) is 0 Å². The lowest BCUT2D eigenvalue weighted by Gasteiger charge is -2.36. The van der Waals surface area contributed by atoms with E-state index in [2.05, 4.69) is 5.92 Å². The number of terminal acetylenes is 1. The van der Waals surface area contributed by atoms with Crippen LogP contribution in [0.1, 0.15) is 13.3 Å². The molecule has 0 radical (unpaired) electrons. The molecule has 4 unspecified atom stereocenters. The predicted octanol–water partition coefficient (Wildman–Crippen LogP) is -0.278.